The first kappa shape index (κ1) is 11.0. The highest BCUT2D eigenvalue weighted by Crippen LogP contribution is 2.24. The van der Waals surface area contributed by atoms with Crippen molar-refractivity contribution >= 4 is 27.5 Å². The lowest BCUT2D eigenvalue weighted by Crippen LogP contribution is -2.23. The topological polar surface area (TPSA) is 46.2 Å². The van der Waals surface area contributed by atoms with Gasteiger partial charge in [-0.2, -0.15) is 0 Å². The van der Waals surface area contributed by atoms with Crippen LogP contribution in [0.1, 0.15) is 18.5 Å². The van der Waals surface area contributed by atoms with Gasteiger partial charge in [0.15, 0.2) is 0 Å². The molecule has 0 radical (unpaired) electrons. The van der Waals surface area contributed by atoms with Gasteiger partial charge in [0, 0.05) is 9.50 Å². The van der Waals surface area contributed by atoms with E-state index >= 15 is 0 Å². The van der Waals surface area contributed by atoms with Crippen LogP contribution in [0.25, 0.3) is 0 Å². The molecule has 0 bridgehead atoms. The predicted molar refractivity (Wildman–Crippen MR) is 57.8 cm³/mol. The van der Waals surface area contributed by atoms with E-state index in [0.29, 0.717) is 5.02 Å². The Morgan fingerprint density at radius 2 is 2.08 bits per heavy atom. The Labute approximate surface area is 90.8 Å². The van der Waals surface area contributed by atoms with Crippen LogP contribution in [0.5, 0.6) is 0 Å². The van der Waals surface area contributed by atoms with E-state index < -0.39 is 12.1 Å². The molecule has 1 aromatic carbocycles. The minimum absolute atomic E-state index is 0.394. The van der Waals surface area contributed by atoms with Gasteiger partial charge in [0.05, 0.1) is 12.1 Å². The van der Waals surface area contributed by atoms with Gasteiger partial charge in [0.25, 0.3) is 0 Å². The molecule has 0 saturated heterocycles. The average molecular weight is 265 g/mol. The zero-order valence-electron chi connectivity index (χ0n) is 7.17. The van der Waals surface area contributed by atoms with Crippen molar-refractivity contribution in [3.05, 3.63) is 33.3 Å². The number of aliphatic hydroxyl groups excluding tert-OH is 1. The van der Waals surface area contributed by atoms with E-state index in [1.165, 1.54) is 0 Å². The predicted octanol–water partition coefficient (Wildman–Crippen LogP) is 2.48. The normalized spacial score (nSPS) is 15.5. The van der Waals surface area contributed by atoms with E-state index in [-0.39, 0.29) is 0 Å². The van der Waals surface area contributed by atoms with Crippen LogP contribution < -0.4 is 5.73 Å². The van der Waals surface area contributed by atoms with Crippen molar-refractivity contribution < 1.29 is 5.11 Å². The molecule has 1 unspecified atom stereocenters. The van der Waals surface area contributed by atoms with Gasteiger partial charge in [0.1, 0.15) is 0 Å². The lowest BCUT2D eigenvalue weighted by Gasteiger charge is -2.15. The molecular weight excluding hydrogens is 253 g/mol. The van der Waals surface area contributed by atoms with Crippen LogP contribution in [0.4, 0.5) is 0 Å². The van der Waals surface area contributed by atoms with Crippen molar-refractivity contribution in [1.82, 2.24) is 0 Å². The van der Waals surface area contributed by atoms with Crippen LogP contribution in [0.3, 0.4) is 0 Å². The van der Waals surface area contributed by atoms with Crippen molar-refractivity contribution in [2.75, 3.05) is 0 Å². The maximum absolute atomic E-state index is 9.27. The Hall–Kier alpha value is -0.0900. The van der Waals surface area contributed by atoms with E-state index in [2.05, 4.69) is 15.9 Å². The highest BCUT2D eigenvalue weighted by atomic mass is 79.9. The number of halogens is 2. The molecule has 4 heteroatoms. The maximum Gasteiger partial charge on any atom is 0.0704 e. The summed E-state index contributed by atoms with van der Waals surface area (Å²) in [5.74, 6) is 0. The first-order valence-corrected chi connectivity index (χ1v) is 5.07. The summed E-state index contributed by atoms with van der Waals surface area (Å²) in [6, 6.07) is 4.99. The van der Waals surface area contributed by atoms with Gasteiger partial charge in [-0.1, -0.05) is 27.5 Å². The smallest absolute Gasteiger partial charge is 0.0704 e. The summed E-state index contributed by atoms with van der Waals surface area (Å²) in [7, 11) is 0. The minimum Gasteiger partial charge on any atom is -0.391 e. The second-order valence-corrected chi connectivity index (χ2v) is 4.32. The van der Waals surface area contributed by atoms with E-state index in [1.807, 2.05) is 6.07 Å². The standard InChI is InChI=1S/C9H11BrClNO/c1-5(13)9(12)6-2-7(10)4-8(11)3-6/h2-5,9,13H,12H2,1H3/t5?,9-/m1/s1. The van der Waals surface area contributed by atoms with Gasteiger partial charge in [0.2, 0.25) is 0 Å². The van der Waals surface area contributed by atoms with Gasteiger partial charge in [-0.05, 0) is 30.7 Å². The Morgan fingerprint density at radius 3 is 2.54 bits per heavy atom. The van der Waals surface area contributed by atoms with Gasteiger partial charge in [-0.15, -0.1) is 0 Å². The van der Waals surface area contributed by atoms with E-state index in [4.69, 9.17) is 17.3 Å². The van der Waals surface area contributed by atoms with Gasteiger partial charge >= 0.3 is 0 Å². The molecule has 0 amide bonds. The Balaban J connectivity index is 3.01. The van der Waals surface area contributed by atoms with Crippen molar-refractivity contribution in [3.8, 4) is 0 Å². The second kappa shape index (κ2) is 4.42. The van der Waals surface area contributed by atoms with E-state index in [0.717, 1.165) is 10.0 Å². The van der Waals surface area contributed by atoms with Crippen molar-refractivity contribution in [2.24, 2.45) is 5.73 Å². The molecular formula is C9H11BrClNO. The van der Waals surface area contributed by atoms with Gasteiger partial charge in [-0.3, -0.25) is 0 Å². The summed E-state index contributed by atoms with van der Waals surface area (Å²) in [6.45, 7) is 1.65. The van der Waals surface area contributed by atoms with Crippen molar-refractivity contribution in [1.29, 1.82) is 0 Å². The molecule has 13 heavy (non-hydrogen) atoms. The third kappa shape index (κ3) is 2.95. The van der Waals surface area contributed by atoms with Crippen molar-refractivity contribution in [3.63, 3.8) is 0 Å². The van der Waals surface area contributed by atoms with Crippen LogP contribution in [0.2, 0.25) is 5.02 Å². The number of aliphatic hydroxyl groups is 1. The van der Waals surface area contributed by atoms with Gasteiger partial charge in [-0.25, -0.2) is 0 Å². The SMILES string of the molecule is CC(O)[C@@H](N)c1cc(Cl)cc(Br)c1. The molecule has 0 fully saturated rings. The summed E-state index contributed by atoms with van der Waals surface area (Å²) in [4.78, 5) is 0. The molecule has 3 N–H and O–H groups in total. The van der Waals surface area contributed by atoms with Crippen LogP contribution in [-0.2, 0) is 0 Å². The maximum atomic E-state index is 9.27. The molecule has 1 rings (SSSR count). The fraction of sp³-hybridized carbons (Fsp3) is 0.333. The summed E-state index contributed by atoms with van der Waals surface area (Å²) < 4.78 is 0.867. The fourth-order valence-electron chi connectivity index (χ4n) is 1.05. The first-order chi connectivity index (χ1) is 6.00. The zero-order valence-corrected chi connectivity index (χ0v) is 9.51. The van der Waals surface area contributed by atoms with Crippen LogP contribution in [0.15, 0.2) is 22.7 Å². The van der Waals surface area contributed by atoms with Crippen molar-refractivity contribution in [2.45, 2.75) is 19.1 Å². The monoisotopic (exact) mass is 263 g/mol. The summed E-state index contributed by atoms with van der Waals surface area (Å²) >= 11 is 9.14. The summed E-state index contributed by atoms with van der Waals surface area (Å²) in [5, 5.41) is 9.88. The highest BCUT2D eigenvalue weighted by molar-refractivity contribution is 9.10. The largest absolute Gasteiger partial charge is 0.391 e. The highest BCUT2D eigenvalue weighted by Gasteiger charge is 2.12. The molecule has 2 nitrogen and oxygen atoms in total. The third-order valence-corrected chi connectivity index (χ3v) is 2.47. The molecule has 0 saturated carbocycles. The zero-order chi connectivity index (χ0) is 10.0. The van der Waals surface area contributed by atoms with Crippen LogP contribution >= 0.6 is 27.5 Å². The molecule has 2 atom stereocenters. The Bertz CT molecular complexity index is 283. The molecule has 0 heterocycles. The summed E-state index contributed by atoms with van der Waals surface area (Å²) in [5.41, 5.74) is 6.57. The van der Waals surface area contributed by atoms with Crippen LogP contribution in [0, 0.1) is 0 Å². The number of rotatable bonds is 2. The molecule has 0 aliphatic rings. The lowest BCUT2D eigenvalue weighted by atomic mass is 10.0. The van der Waals surface area contributed by atoms with E-state index in [9.17, 15) is 5.11 Å². The second-order valence-electron chi connectivity index (χ2n) is 2.97. The van der Waals surface area contributed by atoms with Gasteiger partial charge < -0.3 is 10.8 Å². The molecule has 1 aromatic rings. The third-order valence-electron chi connectivity index (χ3n) is 1.79. The molecule has 0 aliphatic heterocycles. The Kier molecular flexibility index (Phi) is 3.74. The first-order valence-electron chi connectivity index (χ1n) is 3.90. The number of benzene rings is 1. The summed E-state index contributed by atoms with van der Waals surface area (Å²) in [6.07, 6.45) is -0.578. The fourth-order valence-corrected chi connectivity index (χ4v) is 1.93. The Morgan fingerprint density at radius 1 is 1.46 bits per heavy atom. The van der Waals surface area contributed by atoms with Crippen LogP contribution in [-0.4, -0.2) is 11.2 Å². The van der Waals surface area contributed by atoms with E-state index in [1.54, 1.807) is 19.1 Å². The molecule has 72 valence electrons. The average Bonchev–Trinajstić information content (AvgIpc) is 2.01. The minimum atomic E-state index is -0.578. The number of hydrogen-bond donors (Lipinski definition) is 2. The number of nitrogens with two attached hydrogens (primary N) is 1. The molecule has 0 aromatic heterocycles. The lowest BCUT2D eigenvalue weighted by molar-refractivity contribution is 0.164. The molecule has 0 aliphatic carbocycles. The molecule has 0 spiro atoms. The quantitative estimate of drug-likeness (QED) is 0.862. The number of hydrogen-bond acceptors (Lipinski definition) is 2.